The first-order valence-corrected chi connectivity index (χ1v) is 11.5. The molecule has 6 rings (SSSR count). The summed E-state index contributed by atoms with van der Waals surface area (Å²) >= 11 is 0. The molecule has 0 radical (unpaired) electrons. The van der Waals surface area contributed by atoms with Gasteiger partial charge in [-0.15, -0.1) is 0 Å². The van der Waals surface area contributed by atoms with E-state index in [1.807, 2.05) is 0 Å². The zero-order valence-electron chi connectivity index (χ0n) is 16.9. The Morgan fingerprint density at radius 3 is 2.29 bits per heavy atom. The Morgan fingerprint density at radius 2 is 1.61 bits per heavy atom. The van der Waals surface area contributed by atoms with E-state index in [1.165, 1.54) is 32.1 Å². The van der Waals surface area contributed by atoms with E-state index in [0.717, 1.165) is 37.9 Å². The fourth-order valence-corrected chi connectivity index (χ4v) is 6.13. The molecule has 0 aromatic carbocycles. The predicted octanol–water partition coefficient (Wildman–Crippen LogP) is 2.67. The average Bonchev–Trinajstić information content (AvgIpc) is 3.54. The summed E-state index contributed by atoms with van der Waals surface area (Å²) in [7, 11) is 0. The van der Waals surface area contributed by atoms with E-state index in [-0.39, 0.29) is 23.9 Å². The van der Waals surface area contributed by atoms with Crippen LogP contribution in [-0.2, 0) is 28.4 Å². The quantitative estimate of drug-likeness (QED) is 0.419. The van der Waals surface area contributed by atoms with Gasteiger partial charge in [0, 0.05) is 0 Å². The molecule has 0 N–H and O–H groups in total. The third-order valence-corrected chi connectivity index (χ3v) is 8.11. The molecule has 6 fully saturated rings. The Hall–Kier alpha value is -0.240. The molecule has 4 aliphatic heterocycles. The highest BCUT2D eigenvalue weighted by molar-refractivity contribution is 5.08. The van der Waals surface area contributed by atoms with Crippen molar-refractivity contribution in [3.63, 3.8) is 0 Å². The van der Waals surface area contributed by atoms with E-state index in [4.69, 9.17) is 28.4 Å². The molecule has 0 bridgehead atoms. The Kier molecular flexibility index (Phi) is 4.74. The third kappa shape index (κ3) is 3.88. The Morgan fingerprint density at radius 1 is 0.893 bits per heavy atom. The standard InChI is InChI=1S/C22H34O6/c1-22(7-6-20(25-11-14-9-23-14)26-12-15-10-24-15)16(3-5-18-21(22)28-18)13-2-4-17-19(8-13)27-17/h13-21H,2-12H2,1H3. The number of rotatable bonds is 10. The normalized spacial score (nSPS) is 51.8. The smallest absolute Gasteiger partial charge is 0.157 e. The van der Waals surface area contributed by atoms with Crippen LogP contribution < -0.4 is 0 Å². The number of ether oxygens (including phenoxy) is 6. The molecule has 4 saturated heterocycles. The SMILES string of the molecule is CC1(CCC(OCC2CO2)OCC2CO2)C(C2CCC3OC3C2)CCC2OC21. The summed E-state index contributed by atoms with van der Waals surface area (Å²) in [6.07, 6.45) is 10.9. The second-order valence-corrected chi connectivity index (χ2v) is 10.1. The minimum atomic E-state index is -0.160. The summed E-state index contributed by atoms with van der Waals surface area (Å²) in [4.78, 5) is 0. The van der Waals surface area contributed by atoms with Crippen LogP contribution in [0, 0.1) is 17.3 Å². The van der Waals surface area contributed by atoms with Crippen molar-refractivity contribution in [2.75, 3.05) is 26.4 Å². The summed E-state index contributed by atoms with van der Waals surface area (Å²) in [5, 5.41) is 0. The largest absolute Gasteiger partial charge is 0.371 e. The van der Waals surface area contributed by atoms with Gasteiger partial charge >= 0.3 is 0 Å². The Bertz CT molecular complexity index is 561. The molecule has 0 amide bonds. The molecule has 0 aromatic heterocycles. The van der Waals surface area contributed by atoms with E-state index in [1.54, 1.807) is 0 Å². The number of hydrogen-bond donors (Lipinski definition) is 0. The van der Waals surface area contributed by atoms with E-state index < -0.39 is 0 Å². The van der Waals surface area contributed by atoms with Gasteiger partial charge < -0.3 is 28.4 Å². The fraction of sp³-hybridized carbons (Fsp3) is 1.00. The van der Waals surface area contributed by atoms with Crippen LogP contribution in [-0.4, -0.2) is 69.3 Å². The number of hydrogen-bond acceptors (Lipinski definition) is 6. The lowest BCUT2D eigenvalue weighted by Gasteiger charge is -2.45. The zero-order valence-corrected chi connectivity index (χ0v) is 16.9. The topological polar surface area (TPSA) is 68.6 Å². The molecule has 0 aromatic rings. The summed E-state index contributed by atoms with van der Waals surface area (Å²) in [6, 6.07) is 0. The highest BCUT2D eigenvalue weighted by Crippen LogP contribution is 2.59. The lowest BCUT2D eigenvalue weighted by molar-refractivity contribution is -0.157. The molecule has 6 heteroatoms. The van der Waals surface area contributed by atoms with Gasteiger partial charge in [-0.2, -0.15) is 0 Å². The van der Waals surface area contributed by atoms with E-state index >= 15 is 0 Å². The van der Waals surface area contributed by atoms with Crippen LogP contribution in [0.5, 0.6) is 0 Å². The third-order valence-electron chi connectivity index (χ3n) is 8.11. The van der Waals surface area contributed by atoms with Gasteiger partial charge in [0.15, 0.2) is 6.29 Å². The minimum absolute atomic E-state index is 0.160. The highest BCUT2D eigenvalue weighted by atomic mass is 16.7. The van der Waals surface area contributed by atoms with Gasteiger partial charge in [0.25, 0.3) is 0 Å². The van der Waals surface area contributed by atoms with Crippen molar-refractivity contribution >= 4 is 0 Å². The maximum Gasteiger partial charge on any atom is 0.157 e. The average molecular weight is 395 g/mol. The van der Waals surface area contributed by atoms with Crippen LogP contribution in [0.1, 0.15) is 51.9 Å². The molecule has 9 atom stereocenters. The minimum Gasteiger partial charge on any atom is -0.371 e. The van der Waals surface area contributed by atoms with E-state index in [9.17, 15) is 0 Å². The van der Waals surface area contributed by atoms with Gasteiger partial charge in [0.2, 0.25) is 0 Å². The molecule has 6 nitrogen and oxygen atoms in total. The first-order valence-electron chi connectivity index (χ1n) is 11.5. The van der Waals surface area contributed by atoms with Crippen LogP contribution in [0.2, 0.25) is 0 Å². The molecule has 2 aliphatic carbocycles. The van der Waals surface area contributed by atoms with Gasteiger partial charge in [-0.3, -0.25) is 0 Å². The van der Waals surface area contributed by atoms with Gasteiger partial charge in [0.1, 0.15) is 12.2 Å². The molecule has 28 heavy (non-hydrogen) atoms. The van der Waals surface area contributed by atoms with Crippen molar-refractivity contribution in [2.45, 2.75) is 94.8 Å². The zero-order chi connectivity index (χ0) is 18.7. The maximum absolute atomic E-state index is 6.15. The van der Waals surface area contributed by atoms with Crippen LogP contribution in [0.15, 0.2) is 0 Å². The van der Waals surface area contributed by atoms with Crippen molar-refractivity contribution in [3.8, 4) is 0 Å². The molecule has 9 unspecified atom stereocenters. The van der Waals surface area contributed by atoms with Gasteiger partial charge in [-0.1, -0.05) is 6.92 Å². The fourth-order valence-electron chi connectivity index (χ4n) is 6.13. The Balaban J connectivity index is 1.10. The molecular formula is C22H34O6. The van der Waals surface area contributed by atoms with Crippen LogP contribution in [0.4, 0.5) is 0 Å². The summed E-state index contributed by atoms with van der Waals surface area (Å²) < 4.78 is 34.7. The van der Waals surface area contributed by atoms with Crippen LogP contribution in [0.25, 0.3) is 0 Å². The molecule has 4 heterocycles. The predicted molar refractivity (Wildman–Crippen MR) is 99.9 cm³/mol. The lowest BCUT2D eigenvalue weighted by atomic mass is 9.58. The number of epoxide rings is 4. The van der Waals surface area contributed by atoms with Gasteiger partial charge in [0.05, 0.1) is 50.8 Å². The maximum atomic E-state index is 6.15. The van der Waals surface area contributed by atoms with Gasteiger partial charge in [-0.25, -0.2) is 0 Å². The molecule has 2 saturated carbocycles. The monoisotopic (exact) mass is 394 g/mol. The molecule has 0 spiro atoms. The number of fused-ring (bicyclic) bond motifs is 2. The molecule has 158 valence electrons. The lowest BCUT2D eigenvalue weighted by Crippen LogP contribution is -2.43. The van der Waals surface area contributed by atoms with Crippen molar-refractivity contribution in [1.82, 2.24) is 0 Å². The van der Waals surface area contributed by atoms with Crippen molar-refractivity contribution < 1.29 is 28.4 Å². The summed E-state index contributed by atoms with van der Waals surface area (Å²) in [5.74, 6) is 1.53. The second-order valence-electron chi connectivity index (χ2n) is 10.1. The van der Waals surface area contributed by atoms with Gasteiger partial charge in [-0.05, 0) is 62.2 Å². The summed E-state index contributed by atoms with van der Waals surface area (Å²) in [6.45, 7) is 5.40. The molecule has 6 aliphatic rings. The van der Waals surface area contributed by atoms with Crippen molar-refractivity contribution in [3.05, 3.63) is 0 Å². The van der Waals surface area contributed by atoms with Crippen LogP contribution in [0.3, 0.4) is 0 Å². The van der Waals surface area contributed by atoms with Crippen LogP contribution >= 0.6 is 0 Å². The first kappa shape index (κ1) is 18.5. The Labute approximate surface area is 167 Å². The van der Waals surface area contributed by atoms with E-state index in [2.05, 4.69) is 6.92 Å². The first-order chi connectivity index (χ1) is 13.7. The highest BCUT2D eigenvalue weighted by Gasteiger charge is 2.61. The van der Waals surface area contributed by atoms with Crippen molar-refractivity contribution in [1.29, 1.82) is 0 Å². The van der Waals surface area contributed by atoms with Crippen molar-refractivity contribution in [2.24, 2.45) is 17.3 Å². The summed E-state index contributed by atoms with van der Waals surface area (Å²) in [5.41, 5.74) is 0.229. The van der Waals surface area contributed by atoms with E-state index in [0.29, 0.717) is 37.6 Å². The second kappa shape index (κ2) is 7.17. The molecular weight excluding hydrogens is 360 g/mol.